The Kier molecular flexibility index (Phi) is 5.84. The van der Waals surface area contributed by atoms with Crippen molar-refractivity contribution in [1.29, 1.82) is 0 Å². The van der Waals surface area contributed by atoms with Gasteiger partial charge in [0.1, 0.15) is 24.4 Å². The first kappa shape index (κ1) is 21.0. The molecule has 1 amide bonds. The lowest BCUT2D eigenvalue weighted by molar-refractivity contribution is -0.116. The number of rotatable bonds is 7. The van der Waals surface area contributed by atoms with Crippen LogP contribution in [0.4, 0.5) is 5.69 Å². The maximum Gasteiger partial charge on any atom is 0.283 e. The Labute approximate surface area is 183 Å². The highest BCUT2D eigenvalue weighted by molar-refractivity contribution is 5.92. The van der Waals surface area contributed by atoms with Gasteiger partial charge < -0.3 is 14.8 Å². The van der Waals surface area contributed by atoms with Crippen LogP contribution in [0.1, 0.15) is 11.1 Å². The maximum absolute atomic E-state index is 12.8. The van der Waals surface area contributed by atoms with Crippen LogP contribution in [0.25, 0.3) is 11.2 Å². The molecule has 0 aliphatic carbocycles. The van der Waals surface area contributed by atoms with Crippen molar-refractivity contribution in [2.24, 2.45) is 0 Å². The first-order chi connectivity index (χ1) is 15.5. The Bertz CT molecular complexity index is 1340. The van der Waals surface area contributed by atoms with E-state index in [-0.39, 0.29) is 18.0 Å². The highest BCUT2D eigenvalue weighted by Gasteiger charge is 2.15. The topological polar surface area (TPSA) is 113 Å². The van der Waals surface area contributed by atoms with Crippen LogP contribution in [0.3, 0.4) is 0 Å². The summed E-state index contributed by atoms with van der Waals surface area (Å²) < 4.78 is 13.2. The molecule has 164 valence electrons. The van der Waals surface area contributed by atoms with Gasteiger partial charge in [-0.05, 0) is 42.3 Å². The first-order valence-corrected chi connectivity index (χ1v) is 9.84. The van der Waals surface area contributed by atoms with Crippen LogP contribution in [0, 0.1) is 6.92 Å². The van der Waals surface area contributed by atoms with Gasteiger partial charge in [0, 0.05) is 0 Å². The van der Waals surface area contributed by atoms with E-state index in [1.54, 1.807) is 19.2 Å². The van der Waals surface area contributed by atoms with E-state index in [0.29, 0.717) is 23.6 Å². The monoisotopic (exact) mass is 434 g/mol. The van der Waals surface area contributed by atoms with Crippen LogP contribution in [0.15, 0.2) is 53.6 Å². The number of anilines is 1. The van der Waals surface area contributed by atoms with Gasteiger partial charge in [-0.3, -0.25) is 14.2 Å². The van der Waals surface area contributed by atoms with Crippen LogP contribution in [-0.2, 0) is 17.9 Å². The molecule has 0 bridgehead atoms. The zero-order valence-electron chi connectivity index (χ0n) is 17.9. The van der Waals surface area contributed by atoms with E-state index in [1.165, 1.54) is 22.7 Å². The number of hydrogen-bond acceptors (Lipinski definition) is 7. The molecule has 2 aromatic heterocycles. The fraction of sp³-hybridized carbons (Fsp3) is 0.227. The highest BCUT2D eigenvalue weighted by Crippen LogP contribution is 2.25. The summed E-state index contributed by atoms with van der Waals surface area (Å²) >= 11 is 0. The third kappa shape index (κ3) is 4.29. The zero-order valence-corrected chi connectivity index (χ0v) is 17.9. The fourth-order valence-electron chi connectivity index (χ4n) is 3.31. The number of nitrogens with zero attached hydrogens (tertiary/aromatic N) is 5. The second-order valence-electron chi connectivity index (χ2n) is 7.20. The van der Waals surface area contributed by atoms with E-state index < -0.39 is 5.56 Å². The number of amides is 1. The van der Waals surface area contributed by atoms with E-state index >= 15 is 0 Å². The van der Waals surface area contributed by atoms with Crippen molar-refractivity contribution in [2.45, 2.75) is 20.0 Å². The second-order valence-corrected chi connectivity index (χ2v) is 7.20. The molecule has 0 saturated carbocycles. The number of aromatic nitrogens is 5. The molecular weight excluding hydrogens is 412 g/mol. The average molecular weight is 434 g/mol. The summed E-state index contributed by atoms with van der Waals surface area (Å²) in [5.41, 5.74) is 2.41. The Hall–Kier alpha value is -4.21. The molecule has 0 unspecified atom stereocenters. The third-order valence-electron chi connectivity index (χ3n) is 4.90. The SMILES string of the molecule is COc1cccc(Cn2nnc3c(=O)n(CC(=O)Nc4cc(C)ccc4OC)cnc32)c1. The van der Waals surface area contributed by atoms with Gasteiger partial charge in [-0.2, -0.15) is 0 Å². The second kappa shape index (κ2) is 8.88. The minimum Gasteiger partial charge on any atom is -0.497 e. The molecule has 0 fully saturated rings. The quantitative estimate of drug-likeness (QED) is 0.473. The molecule has 1 N–H and O–H groups in total. The number of fused-ring (bicyclic) bond motifs is 1. The molecule has 0 atom stereocenters. The molecule has 10 nitrogen and oxygen atoms in total. The number of nitrogens with one attached hydrogen (secondary N) is 1. The molecule has 2 heterocycles. The first-order valence-electron chi connectivity index (χ1n) is 9.84. The van der Waals surface area contributed by atoms with Crippen molar-refractivity contribution >= 4 is 22.8 Å². The Balaban J connectivity index is 1.55. The average Bonchev–Trinajstić information content (AvgIpc) is 3.19. The summed E-state index contributed by atoms with van der Waals surface area (Å²) in [6.45, 7) is 2.06. The molecule has 4 rings (SSSR count). The van der Waals surface area contributed by atoms with Crippen molar-refractivity contribution in [3.05, 3.63) is 70.3 Å². The summed E-state index contributed by atoms with van der Waals surface area (Å²) in [5.74, 6) is 0.866. The van der Waals surface area contributed by atoms with Gasteiger partial charge in [-0.1, -0.05) is 23.4 Å². The Morgan fingerprint density at radius 3 is 2.75 bits per heavy atom. The van der Waals surface area contributed by atoms with Gasteiger partial charge in [-0.15, -0.1) is 5.10 Å². The number of carbonyl (C=O) groups is 1. The smallest absolute Gasteiger partial charge is 0.283 e. The molecule has 4 aromatic rings. The summed E-state index contributed by atoms with van der Waals surface area (Å²) in [6.07, 6.45) is 1.32. The van der Waals surface area contributed by atoms with Crippen LogP contribution in [0.2, 0.25) is 0 Å². The summed E-state index contributed by atoms with van der Waals surface area (Å²) in [4.78, 5) is 29.7. The lowest BCUT2D eigenvalue weighted by atomic mass is 10.2. The Morgan fingerprint density at radius 2 is 1.97 bits per heavy atom. The summed E-state index contributed by atoms with van der Waals surface area (Å²) in [5, 5.41) is 10.8. The number of carbonyl (C=O) groups excluding carboxylic acids is 1. The molecule has 10 heteroatoms. The molecule has 0 radical (unpaired) electrons. The molecular formula is C22H22N6O4. The lowest BCUT2D eigenvalue weighted by Gasteiger charge is -2.11. The van der Waals surface area contributed by atoms with Gasteiger partial charge >= 0.3 is 0 Å². The van der Waals surface area contributed by atoms with E-state index in [9.17, 15) is 9.59 Å². The largest absolute Gasteiger partial charge is 0.497 e. The van der Waals surface area contributed by atoms with Crippen LogP contribution in [-0.4, -0.2) is 44.7 Å². The van der Waals surface area contributed by atoms with Crippen LogP contribution < -0.4 is 20.3 Å². The van der Waals surface area contributed by atoms with Gasteiger partial charge in [-0.25, -0.2) is 9.67 Å². The molecule has 0 saturated heterocycles. The van der Waals surface area contributed by atoms with Gasteiger partial charge in [0.15, 0.2) is 11.2 Å². The zero-order chi connectivity index (χ0) is 22.7. The van der Waals surface area contributed by atoms with E-state index in [1.807, 2.05) is 37.3 Å². The molecule has 0 aliphatic rings. The lowest BCUT2D eigenvalue weighted by Crippen LogP contribution is -2.28. The predicted octanol–water partition coefficient (Wildman–Crippen LogP) is 2.00. The summed E-state index contributed by atoms with van der Waals surface area (Å²) in [6, 6.07) is 13.0. The minimum atomic E-state index is -0.446. The van der Waals surface area contributed by atoms with E-state index in [2.05, 4.69) is 20.6 Å². The van der Waals surface area contributed by atoms with Gasteiger partial charge in [0.05, 0.1) is 26.5 Å². The Morgan fingerprint density at radius 1 is 1.12 bits per heavy atom. The highest BCUT2D eigenvalue weighted by atomic mass is 16.5. The molecule has 0 aliphatic heterocycles. The number of hydrogen-bond donors (Lipinski definition) is 1. The van der Waals surface area contributed by atoms with Crippen LogP contribution >= 0.6 is 0 Å². The predicted molar refractivity (Wildman–Crippen MR) is 118 cm³/mol. The van der Waals surface area contributed by atoms with Crippen molar-refractivity contribution in [3.63, 3.8) is 0 Å². The number of benzene rings is 2. The molecule has 32 heavy (non-hydrogen) atoms. The number of methoxy groups -OCH3 is 2. The van der Waals surface area contributed by atoms with Crippen molar-refractivity contribution in [3.8, 4) is 11.5 Å². The summed E-state index contributed by atoms with van der Waals surface area (Å²) in [7, 11) is 3.12. The van der Waals surface area contributed by atoms with Crippen molar-refractivity contribution in [2.75, 3.05) is 19.5 Å². The maximum atomic E-state index is 12.8. The van der Waals surface area contributed by atoms with E-state index in [4.69, 9.17) is 9.47 Å². The normalized spacial score (nSPS) is 10.8. The minimum absolute atomic E-state index is 0.0938. The van der Waals surface area contributed by atoms with Crippen molar-refractivity contribution in [1.82, 2.24) is 24.5 Å². The van der Waals surface area contributed by atoms with Crippen LogP contribution in [0.5, 0.6) is 11.5 Å². The fourth-order valence-corrected chi connectivity index (χ4v) is 3.31. The van der Waals surface area contributed by atoms with Crippen molar-refractivity contribution < 1.29 is 14.3 Å². The number of aryl methyl sites for hydroxylation is 1. The number of ether oxygens (including phenoxy) is 2. The van der Waals surface area contributed by atoms with Gasteiger partial charge in [0.25, 0.3) is 5.56 Å². The van der Waals surface area contributed by atoms with E-state index in [0.717, 1.165) is 16.9 Å². The molecule has 0 spiro atoms. The van der Waals surface area contributed by atoms with Gasteiger partial charge in [0.2, 0.25) is 5.91 Å². The third-order valence-corrected chi connectivity index (χ3v) is 4.90. The standard InChI is InChI=1S/C22H22N6O4/c1-14-7-8-18(32-3)17(9-14)24-19(29)12-27-13-23-21-20(22(27)30)25-26-28(21)11-15-5-4-6-16(10-15)31-2/h4-10,13H,11-12H2,1-3H3,(H,24,29). The molecule has 2 aromatic carbocycles.